The highest BCUT2D eigenvalue weighted by atomic mass is 14.9. The van der Waals surface area contributed by atoms with Crippen molar-refractivity contribution in [2.45, 2.75) is 18.9 Å². The smallest absolute Gasteiger partial charge is 0.0330 e. The van der Waals surface area contributed by atoms with Crippen LogP contribution >= 0.6 is 0 Å². The summed E-state index contributed by atoms with van der Waals surface area (Å²) in [4.78, 5) is 0. The van der Waals surface area contributed by atoms with Gasteiger partial charge in [-0.25, -0.2) is 0 Å². The molecule has 4 aromatic carbocycles. The summed E-state index contributed by atoms with van der Waals surface area (Å²) >= 11 is 0. The van der Waals surface area contributed by atoms with Gasteiger partial charge in [-0.2, -0.15) is 0 Å². The summed E-state index contributed by atoms with van der Waals surface area (Å²) in [5.41, 5.74) is 8.05. The minimum absolute atomic E-state index is 0.122. The van der Waals surface area contributed by atoms with Gasteiger partial charge in [0.15, 0.2) is 0 Å². The Morgan fingerprint density at radius 2 is 1.42 bits per heavy atom. The molecule has 4 aromatic rings. The molecule has 120 valence electrons. The second kappa shape index (κ2) is 5.44. The van der Waals surface area contributed by atoms with E-state index in [1.807, 2.05) is 0 Å². The Kier molecular flexibility index (Phi) is 3.22. The number of rotatable bonds is 2. The van der Waals surface area contributed by atoms with Crippen molar-refractivity contribution in [2.24, 2.45) is 11.7 Å². The van der Waals surface area contributed by atoms with Crippen LogP contribution in [0.3, 0.4) is 0 Å². The van der Waals surface area contributed by atoms with Crippen molar-refractivity contribution in [3.8, 4) is 0 Å². The van der Waals surface area contributed by atoms with Crippen molar-refractivity contribution < 1.29 is 0 Å². The van der Waals surface area contributed by atoms with Crippen LogP contribution in [0.15, 0.2) is 54.6 Å². The highest BCUT2D eigenvalue weighted by Crippen LogP contribution is 2.39. The Morgan fingerprint density at radius 3 is 2.17 bits per heavy atom. The maximum Gasteiger partial charge on any atom is 0.0330 e. The molecule has 0 amide bonds. The average molecular weight is 314 g/mol. The van der Waals surface area contributed by atoms with Crippen LogP contribution in [0.1, 0.15) is 24.4 Å². The molecule has 3 N–H and O–H groups in total. The molecule has 1 aliphatic heterocycles. The first kappa shape index (κ1) is 14.2. The molecule has 0 saturated carbocycles. The Bertz CT molecular complexity index is 999. The summed E-state index contributed by atoms with van der Waals surface area (Å²) in [5.74, 6) is 0.574. The number of hydrogen-bond acceptors (Lipinski definition) is 2. The van der Waals surface area contributed by atoms with Crippen molar-refractivity contribution in [1.29, 1.82) is 0 Å². The van der Waals surface area contributed by atoms with Gasteiger partial charge < -0.3 is 11.1 Å². The van der Waals surface area contributed by atoms with Crippen LogP contribution in [0.5, 0.6) is 0 Å². The van der Waals surface area contributed by atoms with Crippen molar-refractivity contribution >= 4 is 32.3 Å². The molecule has 1 saturated heterocycles. The van der Waals surface area contributed by atoms with Crippen LogP contribution in [-0.4, -0.2) is 13.1 Å². The summed E-state index contributed by atoms with van der Waals surface area (Å²) < 4.78 is 0. The van der Waals surface area contributed by atoms with Gasteiger partial charge in [0.1, 0.15) is 0 Å². The largest absolute Gasteiger partial charge is 0.324 e. The molecule has 0 unspecified atom stereocenters. The Morgan fingerprint density at radius 1 is 0.792 bits per heavy atom. The van der Waals surface area contributed by atoms with Crippen molar-refractivity contribution in [2.75, 3.05) is 13.1 Å². The average Bonchev–Trinajstić information content (AvgIpc) is 2.66. The van der Waals surface area contributed by atoms with Crippen molar-refractivity contribution in [3.05, 3.63) is 60.2 Å². The first-order chi connectivity index (χ1) is 11.8. The van der Waals surface area contributed by atoms with Crippen molar-refractivity contribution in [3.63, 3.8) is 0 Å². The molecule has 24 heavy (non-hydrogen) atoms. The van der Waals surface area contributed by atoms with E-state index in [0.717, 1.165) is 13.1 Å². The van der Waals surface area contributed by atoms with Gasteiger partial charge in [0.25, 0.3) is 0 Å². The maximum atomic E-state index is 6.74. The van der Waals surface area contributed by atoms with E-state index in [2.05, 4.69) is 59.9 Å². The highest BCUT2D eigenvalue weighted by Gasteiger charge is 2.23. The first-order valence-corrected chi connectivity index (χ1v) is 8.96. The van der Waals surface area contributed by atoms with Crippen molar-refractivity contribution in [1.82, 2.24) is 5.32 Å². The van der Waals surface area contributed by atoms with Gasteiger partial charge >= 0.3 is 0 Å². The third-order valence-corrected chi connectivity index (χ3v) is 5.81. The van der Waals surface area contributed by atoms with E-state index in [-0.39, 0.29) is 6.04 Å². The lowest BCUT2D eigenvalue weighted by Crippen LogP contribution is -2.33. The zero-order valence-corrected chi connectivity index (χ0v) is 13.8. The van der Waals surface area contributed by atoms with E-state index in [0.29, 0.717) is 5.92 Å². The number of piperidine rings is 1. The third-order valence-electron chi connectivity index (χ3n) is 5.81. The van der Waals surface area contributed by atoms with E-state index in [4.69, 9.17) is 5.73 Å². The molecule has 0 bridgehead atoms. The lowest BCUT2D eigenvalue weighted by molar-refractivity contribution is 0.323. The third kappa shape index (κ3) is 2.03. The van der Waals surface area contributed by atoms with Crippen LogP contribution in [0, 0.1) is 5.92 Å². The second-order valence-corrected chi connectivity index (χ2v) is 7.12. The SMILES string of the molecule is N[C@@H](c1ccc2ccc3cccc4ccc1c2c34)C1CCNCC1. The topological polar surface area (TPSA) is 38.0 Å². The number of hydrogen-bond donors (Lipinski definition) is 2. The molecule has 0 radical (unpaired) electrons. The van der Waals surface area contributed by atoms with Gasteiger partial charge in [0.2, 0.25) is 0 Å². The first-order valence-electron chi connectivity index (χ1n) is 8.96. The lowest BCUT2D eigenvalue weighted by atomic mass is 9.83. The zero-order chi connectivity index (χ0) is 16.1. The van der Waals surface area contributed by atoms with E-state index < -0.39 is 0 Å². The predicted octanol–water partition coefficient (Wildman–Crippen LogP) is 4.58. The minimum Gasteiger partial charge on any atom is -0.324 e. The van der Waals surface area contributed by atoms with Gasteiger partial charge in [-0.1, -0.05) is 54.6 Å². The molecular formula is C22H22N2. The fourth-order valence-corrected chi connectivity index (χ4v) is 4.51. The Balaban J connectivity index is 1.77. The van der Waals surface area contributed by atoms with Gasteiger partial charge in [0, 0.05) is 6.04 Å². The van der Waals surface area contributed by atoms with Gasteiger partial charge in [-0.15, -0.1) is 0 Å². The molecule has 0 aromatic heterocycles. The minimum atomic E-state index is 0.122. The molecule has 1 heterocycles. The van der Waals surface area contributed by atoms with E-state index >= 15 is 0 Å². The standard InChI is InChI=1S/C22H22N2/c23-22(17-10-12-24-13-11-17)19-9-7-16-5-4-14-2-1-3-15-6-8-18(19)21(16)20(14)15/h1-9,17,22,24H,10-13,23H2/t22-/m1/s1. The molecule has 1 fully saturated rings. The van der Waals surface area contributed by atoms with E-state index in [9.17, 15) is 0 Å². The van der Waals surface area contributed by atoms with E-state index in [1.54, 1.807) is 0 Å². The zero-order valence-electron chi connectivity index (χ0n) is 13.8. The fourth-order valence-electron chi connectivity index (χ4n) is 4.51. The molecule has 2 nitrogen and oxygen atoms in total. The lowest BCUT2D eigenvalue weighted by Gasteiger charge is -2.29. The molecule has 0 aliphatic carbocycles. The molecule has 0 spiro atoms. The Hall–Kier alpha value is -2.16. The maximum absolute atomic E-state index is 6.74. The highest BCUT2D eigenvalue weighted by molar-refractivity contribution is 6.23. The van der Waals surface area contributed by atoms with Crippen LogP contribution in [0.25, 0.3) is 32.3 Å². The molecular weight excluding hydrogens is 292 g/mol. The number of nitrogens with one attached hydrogen (secondary N) is 1. The summed E-state index contributed by atoms with van der Waals surface area (Å²) in [6.45, 7) is 2.17. The number of benzene rings is 4. The van der Waals surface area contributed by atoms with Gasteiger partial charge in [-0.05, 0) is 69.7 Å². The van der Waals surface area contributed by atoms with Gasteiger partial charge in [-0.3, -0.25) is 0 Å². The fraction of sp³-hybridized carbons (Fsp3) is 0.273. The molecule has 1 atom stereocenters. The Labute approximate surface area is 142 Å². The number of nitrogens with two attached hydrogens (primary N) is 1. The van der Waals surface area contributed by atoms with Gasteiger partial charge in [0.05, 0.1) is 0 Å². The predicted molar refractivity (Wildman–Crippen MR) is 103 cm³/mol. The van der Waals surface area contributed by atoms with Crippen LogP contribution < -0.4 is 11.1 Å². The summed E-state index contributed by atoms with van der Waals surface area (Å²) in [7, 11) is 0. The van der Waals surface area contributed by atoms with Crippen LogP contribution in [0.4, 0.5) is 0 Å². The molecule has 1 aliphatic rings. The summed E-state index contributed by atoms with van der Waals surface area (Å²) in [6, 6.07) is 20.2. The second-order valence-electron chi connectivity index (χ2n) is 7.12. The normalized spacial score (nSPS) is 17.9. The summed E-state index contributed by atoms with van der Waals surface area (Å²) in [5, 5.41) is 11.5. The quantitative estimate of drug-likeness (QED) is 0.531. The van der Waals surface area contributed by atoms with Crippen LogP contribution in [0.2, 0.25) is 0 Å². The van der Waals surface area contributed by atoms with Crippen LogP contribution in [-0.2, 0) is 0 Å². The molecule has 2 heteroatoms. The summed E-state index contributed by atoms with van der Waals surface area (Å²) in [6.07, 6.45) is 2.34. The van der Waals surface area contributed by atoms with E-state index in [1.165, 1.54) is 50.7 Å². The monoisotopic (exact) mass is 314 g/mol. The molecule has 5 rings (SSSR count).